The molecule has 1 atom stereocenters. The number of hydrogen-bond acceptors (Lipinski definition) is 7. The molecule has 0 bridgehead atoms. The number of hydrogen-bond donors (Lipinski definition) is 2. The minimum absolute atomic E-state index is 0.0222. The predicted molar refractivity (Wildman–Crippen MR) is 128 cm³/mol. The van der Waals surface area contributed by atoms with E-state index in [1.807, 2.05) is 6.92 Å². The number of aryl methyl sites for hydroxylation is 2. The topological polar surface area (TPSA) is 128 Å². The number of aliphatic carboxylic acids is 1. The summed E-state index contributed by atoms with van der Waals surface area (Å²) in [6.45, 7) is 8.32. The van der Waals surface area contributed by atoms with Crippen LogP contribution in [0.15, 0.2) is 30.7 Å². The Morgan fingerprint density at radius 1 is 1.25 bits per heavy atom. The van der Waals surface area contributed by atoms with Crippen LogP contribution in [0.4, 0.5) is 4.39 Å². The van der Waals surface area contributed by atoms with Gasteiger partial charge in [-0.2, -0.15) is 10.1 Å². The lowest BCUT2D eigenvalue weighted by atomic mass is 9.89. The van der Waals surface area contributed by atoms with Crippen molar-refractivity contribution in [3.8, 4) is 17.4 Å². The third-order valence-electron chi connectivity index (χ3n) is 5.72. The van der Waals surface area contributed by atoms with Gasteiger partial charge in [0.15, 0.2) is 11.6 Å². The minimum atomic E-state index is -1.17. The maximum Gasteiger partial charge on any atom is 0.312 e. The Bertz CT molecular complexity index is 1460. The number of nitrogens with one attached hydrogen (secondary N) is 1. The third kappa shape index (κ3) is 4.95. The van der Waals surface area contributed by atoms with Crippen molar-refractivity contribution in [2.24, 2.45) is 5.41 Å². The number of carbonyl (C=O) groups is 2. The summed E-state index contributed by atoms with van der Waals surface area (Å²) in [7, 11) is 0. The molecule has 36 heavy (non-hydrogen) atoms. The Kier molecular flexibility index (Phi) is 6.57. The number of H-pyrrole nitrogens is 1. The summed E-state index contributed by atoms with van der Waals surface area (Å²) < 4.78 is 33.6. The lowest BCUT2D eigenvalue weighted by molar-refractivity contribution is -0.164. The number of halogens is 1. The van der Waals surface area contributed by atoms with Crippen molar-refractivity contribution in [2.75, 3.05) is 6.61 Å². The first-order valence-electron chi connectivity index (χ1n) is 11.3. The van der Waals surface area contributed by atoms with E-state index in [1.54, 1.807) is 32.2 Å². The van der Waals surface area contributed by atoms with Gasteiger partial charge in [-0.25, -0.2) is 8.91 Å². The molecule has 3 heterocycles. The van der Waals surface area contributed by atoms with Gasteiger partial charge < -0.3 is 24.3 Å². The number of carboxylic acids is 1. The molecule has 11 heteroatoms. The van der Waals surface area contributed by atoms with E-state index >= 15 is 4.39 Å². The summed E-state index contributed by atoms with van der Waals surface area (Å²) in [4.78, 5) is 30.6. The van der Waals surface area contributed by atoms with E-state index in [1.165, 1.54) is 30.8 Å². The molecule has 2 N–H and O–H groups in total. The molecule has 0 fully saturated rings. The van der Waals surface area contributed by atoms with Crippen molar-refractivity contribution >= 4 is 28.4 Å². The van der Waals surface area contributed by atoms with E-state index in [9.17, 15) is 9.59 Å². The fourth-order valence-corrected chi connectivity index (χ4v) is 3.83. The molecule has 3 aromatic heterocycles. The zero-order valence-corrected chi connectivity index (χ0v) is 20.6. The van der Waals surface area contributed by atoms with Crippen LogP contribution in [0.3, 0.4) is 0 Å². The molecule has 0 spiro atoms. The lowest BCUT2D eigenvalue weighted by Crippen LogP contribution is -2.33. The lowest BCUT2D eigenvalue weighted by Gasteiger charge is -2.23. The smallest absolute Gasteiger partial charge is 0.312 e. The summed E-state index contributed by atoms with van der Waals surface area (Å²) in [6, 6.07) is 4.97. The SMILES string of the molecule is Cc1cc2c(F)c(Oc3ncnn4cc(OC[C@@H](C)OC(=O)C(C)(C)CC(=O)O)c(C)c34)ccc2[nH]1. The van der Waals surface area contributed by atoms with Crippen LogP contribution in [-0.2, 0) is 14.3 Å². The van der Waals surface area contributed by atoms with E-state index in [0.717, 1.165) is 5.69 Å². The molecule has 0 radical (unpaired) electrons. The van der Waals surface area contributed by atoms with Crippen LogP contribution < -0.4 is 9.47 Å². The Balaban J connectivity index is 1.51. The molecule has 0 unspecified atom stereocenters. The molecular weight excluding hydrogens is 471 g/mol. The van der Waals surface area contributed by atoms with Gasteiger partial charge in [0, 0.05) is 22.2 Å². The zero-order valence-electron chi connectivity index (χ0n) is 20.6. The van der Waals surface area contributed by atoms with Gasteiger partial charge in [0.2, 0.25) is 5.88 Å². The van der Waals surface area contributed by atoms with Gasteiger partial charge >= 0.3 is 11.9 Å². The van der Waals surface area contributed by atoms with Crippen molar-refractivity contribution < 1.29 is 33.3 Å². The van der Waals surface area contributed by atoms with Crippen LogP contribution in [0.25, 0.3) is 16.4 Å². The Labute approximate surface area is 206 Å². The molecule has 190 valence electrons. The molecule has 0 saturated carbocycles. The number of aromatic amines is 1. The fraction of sp³-hybridized carbons (Fsp3) is 0.360. The number of rotatable bonds is 9. The summed E-state index contributed by atoms with van der Waals surface area (Å²) >= 11 is 0. The van der Waals surface area contributed by atoms with E-state index in [0.29, 0.717) is 27.7 Å². The maximum atomic E-state index is 15.0. The highest BCUT2D eigenvalue weighted by Crippen LogP contribution is 2.35. The molecule has 0 saturated heterocycles. The minimum Gasteiger partial charge on any atom is -0.488 e. The molecule has 4 rings (SSSR count). The van der Waals surface area contributed by atoms with Crippen molar-refractivity contribution in [1.29, 1.82) is 0 Å². The normalized spacial score (nSPS) is 12.6. The van der Waals surface area contributed by atoms with Gasteiger partial charge in [0.25, 0.3) is 0 Å². The van der Waals surface area contributed by atoms with Gasteiger partial charge in [-0.15, -0.1) is 0 Å². The van der Waals surface area contributed by atoms with Gasteiger partial charge in [-0.05, 0) is 52.8 Å². The van der Waals surface area contributed by atoms with Gasteiger partial charge in [0.1, 0.15) is 30.3 Å². The highest BCUT2D eigenvalue weighted by atomic mass is 19.1. The fourth-order valence-electron chi connectivity index (χ4n) is 3.83. The van der Waals surface area contributed by atoms with Crippen LogP contribution in [0, 0.1) is 25.1 Å². The van der Waals surface area contributed by atoms with Gasteiger partial charge in [-0.1, -0.05) is 0 Å². The summed E-state index contributed by atoms with van der Waals surface area (Å²) in [6.07, 6.45) is 1.93. The highest BCUT2D eigenvalue weighted by Gasteiger charge is 2.33. The summed E-state index contributed by atoms with van der Waals surface area (Å²) in [5.74, 6) is -1.59. The molecule has 10 nitrogen and oxygen atoms in total. The average molecular weight is 499 g/mol. The number of benzene rings is 1. The van der Waals surface area contributed by atoms with Gasteiger partial charge in [-0.3, -0.25) is 9.59 Å². The van der Waals surface area contributed by atoms with E-state index in [-0.39, 0.29) is 24.7 Å². The largest absolute Gasteiger partial charge is 0.488 e. The standard InChI is InChI=1S/C25H27FN4O6/c1-13-8-16-17(29-13)6-7-18(21(16)26)36-23-22-15(3)19(10-30(22)28-12-27-23)34-11-14(2)35-24(33)25(4,5)9-20(31)32/h6-8,10,12,14,29H,9,11H2,1-5H3,(H,31,32)/t14-/m1/s1. The van der Waals surface area contributed by atoms with Crippen LogP contribution in [0.1, 0.15) is 38.4 Å². The molecule has 0 aliphatic rings. The summed E-state index contributed by atoms with van der Waals surface area (Å²) in [5.41, 5.74) is 1.47. The monoisotopic (exact) mass is 498 g/mol. The van der Waals surface area contributed by atoms with Crippen molar-refractivity contribution in [3.63, 3.8) is 0 Å². The van der Waals surface area contributed by atoms with Crippen molar-refractivity contribution in [1.82, 2.24) is 19.6 Å². The van der Waals surface area contributed by atoms with E-state index in [2.05, 4.69) is 15.1 Å². The van der Waals surface area contributed by atoms with Crippen LogP contribution >= 0.6 is 0 Å². The second kappa shape index (κ2) is 9.48. The predicted octanol–water partition coefficient (Wildman–Crippen LogP) is 4.57. The Hall–Kier alpha value is -4.15. The van der Waals surface area contributed by atoms with Crippen LogP contribution in [0.2, 0.25) is 0 Å². The second-order valence-electron chi connectivity index (χ2n) is 9.35. The number of fused-ring (bicyclic) bond motifs is 2. The second-order valence-corrected chi connectivity index (χ2v) is 9.35. The van der Waals surface area contributed by atoms with Crippen molar-refractivity contribution in [2.45, 2.75) is 47.1 Å². The first-order chi connectivity index (χ1) is 17.0. The zero-order chi connectivity index (χ0) is 26.2. The molecule has 0 amide bonds. The number of esters is 1. The third-order valence-corrected chi connectivity index (χ3v) is 5.72. The number of nitrogens with zero attached hydrogens (tertiary/aromatic N) is 3. The average Bonchev–Trinajstić information content (AvgIpc) is 3.33. The molecule has 1 aromatic carbocycles. The van der Waals surface area contributed by atoms with E-state index < -0.39 is 29.3 Å². The van der Waals surface area contributed by atoms with Crippen LogP contribution in [-0.4, -0.2) is 49.3 Å². The number of carboxylic acid groups (broad SMARTS) is 1. The van der Waals surface area contributed by atoms with E-state index in [4.69, 9.17) is 19.3 Å². The molecular formula is C25H27FN4O6. The Morgan fingerprint density at radius 2 is 2.00 bits per heavy atom. The van der Waals surface area contributed by atoms with Crippen LogP contribution in [0.5, 0.6) is 17.4 Å². The quantitative estimate of drug-likeness (QED) is 0.321. The number of aromatic nitrogens is 4. The first-order valence-corrected chi connectivity index (χ1v) is 11.3. The van der Waals surface area contributed by atoms with Crippen molar-refractivity contribution in [3.05, 3.63) is 47.8 Å². The van der Waals surface area contributed by atoms with Gasteiger partial charge in [0.05, 0.1) is 18.0 Å². The number of ether oxygens (including phenoxy) is 3. The molecule has 0 aliphatic heterocycles. The number of carbonyl (C=O) groups excluding carboxylic acids is 1. The molecule has 0 aliphatic carbocycles. The maximum absolute atomic E-state index is 15.0. The first kappa shape index (κ1) is 25.0. The Morgan fingerprint density at radius 3 is 2.72 bits per heavy atom. The highest BCUT2D eigenvalue weighted by molar-refractivity contribution is 5.83. The summed E-state index contributed by atoms with van der Waals surface area (Å²) in [5, 5.41) is 13.6. The molecule has 4 aromatic rings.